The fraction of sp³-hybridized carbons (Fsp3) is 0.500. The van der Waals surface area contributed by atoms with Crippen LogP contribution in [0.15, 0.2) is 18.2 Å². The number of ether oxygens (including phenoxy) is 1. The third-order valence-corrected chi connectivity index (χ3v) is 3.87. The van der Waals surface area contributed by atoms with Gasteiger partial charge in [-0.05, 0) is 49.8 Å². The predicted molar refractivity (Wildman–Crippen MR) is 70.0 cm³/mol. The van der Waals surface area contributed by atoms with Crippen molar-refractivity contribution in [3.05, 3.63) is 29.6 Å². The number of halogens is 1. The van der Waals surface area contributed by atoms with Crippen molar-refractivity contribution in [2.75, 3.05) is 7.11 Å². The van der Waals surface area contributed by atoms with Gasteiger partial charge in [-0.1, -0.05) is 0 Å². The smallest absolute Gasteiger partial charge is 0.236 e. The van der Waals surface area contributed by atoms with Gasteiger partial charge in [0, 0.05) is 11.5 Å². The van der Waals surface area contributed by atoms with E-state index in [1.165, 1.54) is 12.1 Å². The third-order valence-electron chi connectivity index (χ3n) is 3.87. The zero-order valence-corrected chi connectivity index (χ0v) is 11.0. The van der Waals surface area contributed by atoms with Gasteiger partial charge in [-0.15, -0.1) is 0 Å². The number of hydrazine groups is 1. The molecule has 2 rings (SSSR count). The number of nitrogens with two attached hydrogens (primary N) is 1. The largest absolute Gasteiger partial charge is 0.496 e. The number of nitrogens with one attached hydrogen (secondary N) is 1. The van der Waals surface area contributed by atoms with E-state index < -0.39 is 0 Å². The molecule has 1 aliphatic rings. The number of benzene rings is 1. The number of methoxy groups -OCH3 is 1. The number of carbonyl (C=O) groups excluding carboxylic acids is 1. The Morgan fingerprint density at radius 1 is 1.37 bits per heavy atom. The van der Waals surface area contributed by atoms with Crippen molar-refractivity contribution in [1.82, 2.24) is 5.43 Å². The first-order chi connectivity index (χ1) is 9.15. The highest BCUT2D eigenvalue weighted by Gasteiger charge is 2.28. The summed E-state index contributed by atoms with van der Waals surface area (Å²) >= 11 is 0. The van der Waals surface area contributed by atoms with E-state index in [1.807, 2.05) is 0 Å². The Kier molecular flexibility index (Phi) is 4.37. The van der Waals surface area contributed by atoms with Gasteiger partial charge in [0.05, 0.1) is 7.11 Å². The molecule has 19 heavy (non-hydrogen) atoms. The van der Waals surface area contributed by atoms with Gasteiger partial charge in [-0.2, -0.15) is 0 Å². The number of hydrogen-bond donors (Lipinski definition) is 2. The van der Waals surface area contributed by atoms with Crippen molar-refractivity contribution in [2.45, 2.75) is 31.6 Å². The summed E-state index contributed by atoms with van der Waals surface area (Å²) in [7, 11) is 1.59. The quantitative estimate of drug-likeness (QED) is 0.500. The van der Waals surface area contributed by atoms with Crippen LogP contribution in [-0.2, 0) is 4.79 Å². The van der Waals surface area contributed by atoms with Gasteiger partial charge in [0.25, 0.3) is 0 Å². The molecule has 1 aliphatic carbocycles. The SMILES string of the molecule is COc1ccc(F)cc1[C@H]1CC[C@H](C(=O)NN)CC1. The summed E-state index contributed by atoms with van der Waals surface area (Å²) in [6, 6.07) is 4.59. The lowest BCUT2D eigenvalue weighted by Gasteiger charge is -2.28. The molecule has 0 aliphatic heterocycles. The molecule has 0 atom stereocenters. The maximum atomic E-state index is 13.4. The molecule has 1 fully saturated rings. The van der Waals surface area contributed by atoms with Gasteiger partial charge < -0.3 is 4.74 Å². The average Bonchev–Trinajstić information content (AvgIpc) is 2.46. The van der Waals surface area contributed by atoms with Crippen LogP contribution < -0.4 is 16.0 Å². The molecule has 0 bridgehead atoms. The molecule has 104 valence electrons. The van der Waals surface area contributed by atoms with Crippen LogP contribution in [0.1, 0.15) is 37.2 Å². The average molecular weight is 266 g/mol. The first-order valence-corrected chi connectivity index (χ1v) is 6.49. The van der Waals surface area contributed by atoms with Gasteiger partial charge in [0.15, 0.2) is 0 Å². The number of rotatable bonds is 3. The Bertz CT molecular complexity index is 457. The van der Waals surface area contributed by atoms with Crippen LogP contribution >= 0.6 is 0 Å². The lowest BCUT2D eigenvalue weighted by molar-refractivity contribution is -0.126. The van der Waals surface area contributed by atoms with E-state index in [2.05, 4.69) is 5.43 Å². The summed E-state index contributed by atoms with van der Waals surface area (Å²) in [5, 5.41) is 0. The summed E-state index contributed by atoms with van der Waals surface area (Å²) in [6.07, 6.45) is 3.23. The molecular formula is C14H19FN2O2. The lowest BCUT2D eigenvalue weighted by atomic mass is 9.78. The summed E-state index contributed by atoms with van der Waals surface area (Å²) in [6.45, 7) is 0. The second kappa shape index (κ2) is 6.02. The molecule has 1 amide bonds. The fourth-order valence-corrected chi connectivity index (χ4v) is 2.81. The standard InChI is InChI=1S/C14H19FN2O2/c1-19-13-7-6-11(15)8-12(13)9-2-4-10(5-3-9)14(18)17-16/h6-10H,2-5,16H2,1H3,(H,17,18)/t9-,10-. The van der Waals surface area contributed by atoms with E-state index in [9.17, 15) is 9.18 Å². The molecule has 0 saturated heterocycles. The fourth-order valence-electron chi connectivity index (χ4n) is 2.81. The van der Waals surface area contributed by atoms with Crippen LogP contribution in [0.4, 0.5) is 4.39 Å². The maximum Gasteiger partial charge on any atom is 0.236 e. The molecule has 3 N–H and O–H groups in total. The van der Waals surface area contributed by atoms with Gasteiger partial charge in [-0.3, -0.25) is 10.2 Å². The van der Waals surface area contributed by atoms with E-state index >= 15 is 0 Å². The second-order valence-electron chi connectivity index (χ2n) is 4.94. The molecule has 1 saturated carbocycles. The van der Waals surface area contributed by atoms with E-state index in [1.54, 1.807) is 13.2 Å². The second-order valence-corrected chi connectivity index (χ2v) is 4.94. The van der Waals surface area contributed by atoms with E-state index in [4.69, 9.17) is 10.6 Å². The number of hydrogen-bond acceptors (Lipinski definition) is 3. The minimum absolute atomic E-state index is 0.0270. The Morgan fingerprint density at radius 3 is 2.63 bits per heavy atom. The van der Waals surface area contributed by atoms with Crippen molar-refractivity contribution < 1.29 is 13.9 Å². The van der Waals surface area contributed by atoms with Gasteiger partial charge in [-0.25, -0.2) is 10.2 Å². The number of carbonyl (C=O) groups is 1. The van der Waals surface area contributed by atoms with Gasteiger partial charge in [0.2, 0.25) is 5.91 Å². The van der Waals surface area contributed by atoms with Crippen molar-refractivity contribution in [3.63, 3.8) is 0 Å². The lowest BCUT2D eigenvalue weighted by Crippen LogP contribution is -2.37. The zero-order chi connectivity index (χ0) is 13.8. The zero-order valence-electron chi connectivity index (χ0n) is 11.0. The van der Waals surface area contributed by atoms with Crippen LogP contribution in [-0.4, -0.2) is 13.0 Å². The summed E-state index contributed by atoms with van der Waals surface area (Å²) in [4.78, 5) is 11.5. The molecular weight excluding hydrogens is 247 g/mol. The Balaban J connectivity index is 2.09. The summed E-state index contributed by atoms with van der Waals surface area (Å²) in [5.74, 6) is 5.72. The third kappa shape index (κ3) is 3.04. The predicted octanol–water partition coefficient (Wildman–Crippen LogP) is 2.10. The highest BCUT2D eigenvalue weighted by molar-refractivity contribution is 5.78. The van der Waals surface area contributed by atoms with Crippen LogP contribution in [0.3, 0.4) is 0 Å². The van der Waals surface area contributed by atoms with Crippen LogP contribution in [0.25, 0.3) is 0 Å². The Labute approximate surface area is 112 Å². The Hall–Kier alpha value is -1.62. The van der Waals surface area contributed by atoms with E-state index in [0.717, 1.165) is 31.2 Å². The summed E-state index contributed by atoms with van der Waals surface area (Å²) in [5.41, 5.74) is 3.09. The van der Waals surface area contributed by atoms with E-state index in [0.29, 0.717) is 5.75 Å². The maximum absolute atomic E-state index is 13.4. The molecule has 0 heterocycles. The van der Waals surface area contributed by atoms with Gasteiger partial charge >= 0.3 is 0 Å². The molecule has 0 radical (unpaired) electrons. The monoisotopic (exact) mass is 266 g/mol. The van der Waals surface area contributed by atoms with Crippen LogP contribution in [0.2, 0.25) is 0 Å². The van der Waals surface area contributed by atoms with Crippen LogP contribution in [0, 0.1) is 11.7 Å². The first kappa shape index (κ1) is 13.8. The van der Waals surface area contributed by atoms with Crippen molar-refractivity contribution in [3.8, 4) is 5.75 Å². The normalized spacial score (nSPS) is 22.9. The molecule has 5 heteroatoms. The highest BCUT2D eigenvalue weighted by atomic mass is 19.1. The highest BCUT2D eigenvalue weighted by Crippen LogP contribution is 2.39. The van der Waals surface area contributed by atoms with E-state index in [-0.39, 0.29) is 23.6 Å². The minimum atomic E-state index is -0.252. The van der Waals surface area contributed by atoms with Crippen molar-refractivity contribution in [1.29, 1.82) is 0 Å². The van der Waals surface area contributed by atoms with Crippen molar-refractivity contribution in [2.24, 2.45) is 11.8 Å². The minimum Gasteiger partial charge on any atom is -0.496 e. The number of amides is 1. The molecule has 1 aromatic carbocycles. The molecule has 0 aromatic heterocycles. The molecule has 1 aromatic rings. The van der Waals surface area contributed by atoms with Crippen molar-refractivity contribution >= 4 is 5.91 Å². The Morgan fingerprint density at radius 2 is 2.05 bits per heavy atom. The van der Waals surface area contributed by atoms with Gasteiger partial charge in [0.1, 0.15) is 11.6 Å². The molecule has 4 nitrogen and oxygen atoms in total. The van der Waals surface area contributed by atoms with Crippen LogP contribution in [0.5, 0.6) is 5.75 Å². The topological polar surface area (TPSA) is 64.3 Å². The molecule has 0 spiro atoms. The summed E-state index contributed by atoms with van der Waals surface area (Å²) < 4.78 is 18.6. The first-order valence-electron chi connectivity index (χ1n) is 6.49. The molecule has 0 unspecified atom stereocenters.